The van der Waals surface area contributed by atoms with Gasteiger partial charge in [0.25, 0.3) is 0 Å². The van der Waals surface area contributed by atoms with Gasteiger partial charge in [-0.1, -0.05) is 30.0 Å². The molecule has 3 rings (SSSR count). The van der Waals surface area contributed by atoms with E-state index in [2.05, 4.69) is 46.5 Å². The smallest absolute Gasteiger partial charge is 0.161 e. The molecule has 1 N–H and O–H groups in total. The number of amidine groups is 1. The van der Waals surface area contributed by atoms with Gasteiger partial charge in [0.1, 0.15) is 0 Å². The Morgan fingerprint density at radius 1 is 1.33 bits per heavy atom. The average molecular weight is 348 g/mol. The van der Waals surface area contributed by atoms with Crippen molar-refractivity contribution in [3.8, 4) is 0 Å². The lowest BCUT2D eigenvalue weighted by atomic mass is 10.1. The molecule has 2 aliphatic rings. The van der Waals surface area contributed by atoms with Crippen molar-refractivity contribution in [3.63, 3.8) is 0 Å². The first-order chi connectivity index (χ1) is 9.31. The summed E-state index contributed by atoms with van der Waals surface area (Å²) in [5, 5.41) is 4.52. The molecular formula is C15H23Cl2N3S. The Morgan fingerprint density at radius 2 is 2.14 bits per heavy atom. The lowest BCUT2D eigenvalue weighted by Crippen LogP contribution is -2.16. The summed E-state index contributed by atoms with van der Waals surface area (Å²) in [6.45, 7) is 3.35. The summed E-state index contributed by atoms with van der Waals surface area (Å²) in [5.74, 6) is 2.06. The van der Waals surface area contributed by atoms with Gasteiger partial charge in [0.2, 0.25) is 0 Å². The van der Waals surface area contributed by atoms with Crippen LogP contribution in [0.25, 0.3) is 0 Å². The number of hydrogen-bond donors (Lipinski definition) is 1. The second kappa shape index (κ2) is 8.89. The highest BCUT2D eigenvalue weighted by atomic mass is 35.5. The molecule has 1 atom stereocenters. The number of nitrogens with zero attached hydrogens (tertiary/aromatic N) is 2. The average Bonchev–Trinajstić information content (AvgIpc) is 2.84. The number of fused-ring (bicyclic) bond motifs is 1. The minimum atomic E-state index is 0. The van der Waals surface area contributed by atoms with Crippen molar-refractivity contribution < 1.29 is 0 Å². The van der Waals surface area contributed by atoms with Crippen molar-refractivity contribution in [2.24, 2.45) is 10.9 Å². The van der Waals surface area contributed by atoms with Gasteiger partial charge in [-0.3, -0.25) is 4.99 Å². The maximum atomic E-state index is 4.61. The number of hydrogen-bond acceptors (Lipinski definition) is 4. The number of para-hydroxylation sites is 1. The number of likely N-dealkylation sites (tertiary alicyclic amines) is 1. The van der Waals surface area contributed by atoms with Crippen molar-refractivity contribution in [1.29, 1.82) is 0 Å². The highest BCUT2D eigenvalue weighted by Gasteiger charge is 2.19. The monoisotopic (exact) mass is 347 g/mol. The molecule has 0 radical (unpaired) electrons. The molecule has 6 heteroatoms. The number of nitrogens with one attached hydrogen (secondary N) is 1. The molecule has 0 spiro atoms. The molecule has 0 aliphatic carbocycles. The van der Waals surface area contributed by atoms with Gasteiger partial charge in [-0.25, -0.2) is 0 Å². The van der Waals surface area contributed by atoms with Crippen LogP contribution in [0.4, 0.5) is 5.69 Å². The van der Waals surface area contributed by atoms with Crippen LogP contribution in [0, 0.1) is 5.92 Å². The third-order valence-corrected chi connectivity index (χ3v) is 4.85. The molecule has 3 nitrogen and oxygen atoms in total. The number of thioether (sulfide) groups is 1. The number of anilines is 1. The van der Waals surface area contributed by atoms with Crippen LogP contribution in [-0.4, -0.2) is 36.0 Å². The first-order valence-corrected chi connectivity index (χ1v) is 8.00. The molecule has 1 fully saturated rings. The van der Waals surface area contributed by atoms with Gasteiger partial charge in [0.15, 0.2) is 5.17 Å². The van der Waals surface area contributed by atoms with E-state index >= 15 is 0 Å². The lowest BCUT2D eigenvalue weighted by Gasteiger charge is -2.18. The van der Waals surface area contributed by atoms with Gasteiger partial charge in [0, 0.05) is 18.0 Å². The Balaban J connectivity index is 0.00000110. The normalized spacial score (nSPS) is 20.6. The van der Waals surface area contributed by atoms with Gasteiger partial charge in [-0.15, -0.1) is 24.8 Å². The third kappa shape index (κ3) is 5.06. The Kier molecular flexibility index (Phi) is 7.88. The highest BCUT2D eigenvalue weighted by Crippen LogP contribution is 2.25. The molecule has 1 unspecified atom stereocenters. The summed E-state index contributed by atoms with van der Waals surface area (Å²) in [5.41, 5.74) is 2.52. The summed E-state index contributed by atoms with van der Waals surface area (Å²) >= 11 is 1.87. The molecule has 2 aliphatic heterocycles. The van der Waals surface area contributed by atoms with E-state index in [1.54, 1.807) is 0 Å². The van der Waals surface area contributed by atoms with E-state index in [0.29, 0.717) is 0 Å². The minimum absolute atomic E-state index is 0. The lowest BCUT2D eigenvalue weighted by molar-refractivity contribution is 0.393. The molecule has 0 amide bonds. The Morgan fingerprint density at radius 3 is 2.90 bits per heavy atom. The summed E-state index contributed by atoms with van der Waals surface area (Å²) in [4.78, 5) is 7.04. The van der Waals surface area contributed by atoms with Crippen LogP contribution < -0.4 is 5.32 Å². The van der Waals surface area contributed by atoms with E-state index < -0.39 is 0 Å². The minimum Gasteiger partial charge on any atom is -0.335 e. The summed E-state index contributed by atoms with van der Waals surface area (Å²) < 4.78 is 0. The molecule has 2 heterocycles. The maximum Gasteiger partial charge on any atom is 0.161 e. The number of aliphatic imine (C=N–C) groups is 1. The van der Waals surface area contributed by atoms with E-state index in [1.165, 1.54) is 42.9 Å². The summed E-state index contributed by atoms with van der Waals surface area (Å²) in [6, 6.07) is 8.43. The van der Waals surface area contributed by atoms with Crippen LogP contribution in [0.2, 0.25) is 0 Å². The molecule has 0 saturated carbocycles. The maximum absolute atomic E-state index is 4.61. The zero-order valence-corrected chi connectivity index (χ0v) is 14.7. The zero-order chi connectivity index (χ0) is 13.1. The first-order valence-electron chi connectivity index (χ1n) is 7.02. The molecular weight excluding hydrogens is 325 g/mol. The van der Waals surface area contributed by atoms with Crippen molar-refractivity contribution >= 4 is 47.4 Å². The molecule has 0 aromatic heterocycles. The number of halogens is 2. The van der Waals surface area contributed by atoms with Crippen LogP contribution in [0.15, 0.2) is 29.3 Å². The molecule has 1 aromatic rings. The van der Waals surface area contributed by atoms with E-state index in [1.807, 2.05) is 11.8 Å². The van der Waals surface area contributed by atoms with Crippen molar-refractivity contribution in [2.45, 2.75) is 19.4 Å². The fourth-order valence-corrected chi connectivity index (χ4v) is 3.74. The fourth-order valence-electron chi connectivity index (χ4n) is 2.76. The largest absolute Gasteiger partial charge is 0.335 e. The first kappa shape index (κ1) is 18.6. The van der Waals surface area contributed by atoms with E-state index in [4.69, 9.17) is 0 Å². The Labute approximate surface area is 143 Å². The van der Waals surface area contributed by atoms with E-state index in [9.17, 15) is 0 Å². The second-order valence-corrected chi connectivity index (χ2v) is 6.54. The Bertz CT molecular complexity index is 482. The van der Waals surface area contributed by atoms with Crippen molar-refractivity contribution in [3.05, 3.63) is 29.8 Å². The Hall–Kier alpha value is -0.420. The quantitative estimate of drug-likeness (QED) is 0.898. The van der Waals surface area contributed by atoms with Crippen LogP contribution in [-0.2, 0) is 6.54 Å². The molecule has 1 aromatic carbocycles. The topological polar surface area (TPSA) is 27.6 Å². The second-order valence-electron chi connectivity index (χ2n) is 5.46. The van der Waals surface area contributed by atoms with Crippen molar-refractivity contribution in [1.82, 2.24) is 4.90 Å². The van der Waals surface area contributed by atoms with Gasteiger partial charge >= 0.3 is 0 Å². The van der Waals surface area contributed by atoms with Gasteiger partial charge < -0.3 is 10.2 Å². The van der Waals surface area contributed by atoms with Gasteiger partial charge in [-0.2, -0.15) is 0 Å². The third-order valence-electron chi connectivity index (χ3n) is 3.91. The van der Waals surface area contributed by atoms with Crippen molar-refractivity contribution in [2.75, 3.05) is 31.2 Å². The highest BCUT2D eigenvalue weighted by molar-refractivity contribution is 8.14. The predicted octanol–water partition coefficient (Wildman–Crippen LogP) is 3.89. The summed E-state index contributed by atoms with van der Waals surface area (Å²) in [6.07, 6.45) is 2.66. The van der Waals surface area contributed by atoms with E-state index in [-0.39, 0.29) is 24.8 Å². The zero-order valence-electron chi connectivity index (χ0n) is 12.2. The van der Waals surface area contributed by atoms with Crippen LogP contribution in [0.3, 0.4) is 0 Å². The van der Waals surface area contributed by atoms with Crippen LogP contribution in [0.1, 0.15) is 18.4 Å². The standard InChI is InChI=1S/C15H21N3S.2ClH/c1-18-8-6-12(11-18)7-9-19-15-16-10-13-4-2-3-5-14(13)17-15;;/h2-5,12H,6-11H2,1H3,(H,16,17);2*1H. The predicted molar refractivity (Wildman–Crippen MR) is 98.4 cm³/mol. The molecule has 0 bridgehead atoms. The number of rotatable bonds is 3. The van der Waals surface area contributed by atoms with Crippen LogP contribution in [0.5, 0.6) is 0 Å². The number of benzene rings is 1. The van der Waals surface area contributed by atoms with Gasteiger partial charge in [0.05, 0.1) is 6.54 Å². The van der Waals surface area contributed by atoms with E-state index in [0.717, 1.165) is 17.6 Å². The fraction of sp³-hybridized carbons (Fsp3) is 0.533. The SMILES string of the molecule is CN1CCC(CCSC2=NCc3ccccc3N2)C1.Cl.Cl. The molecule has 1 saturated heterocycles. The summed E-state index contributed by atoms with van der Waals surface area (Å²) in [7, 11) is 2.22. The van der Waals surface area contributed by atoms with Crippen LogP contribution >= 0.6 is 36.6 Å². The van der Waals surface area contributed by atoms with Gasteiger partial charge in [-0.05, 0) is 44.0 Å². The molecule has 118 valence electrons. The molecule has 21 heavy (non-hydrogen) atoms.